The molecule has 0 saturated carbocycles. The molecule has 0 radical (unpaired) electrons. The summed E-state index contributed by atoms with van der Waals surface area (Å²) in [6, 6.07) is 11.8. The smallest absolute Gasteiger partial charge is 0.124 e. The molecule has 0 heterocycles. The molecule has 0 aromatic heterocycles. The van der Waals surface area contributed by atoms with Gasteiger partial charge in [0.2, 0.25) is 0 Å². The topological polar surface area (TPSA) is 30.5 Å². The third kappa shape index (κ3) is 3.31. The Labute approximate surface area is 130 Å². The van der Waals surface area contributed by atoms with Crippen molar-refractivity contribution in [1.82, 2.24) is 5.32 Å². The summed E-state index contributed by atoms with van der Waals surface area (Å²) >= 11 is 6.14. The first kappa shape index (κ1) is 15.7. The van der Waals surface area contributed by atoms with Crippen LogP contribution in [0.15, 0.2) is 36.4 Å². The number of halogens is 1. The van der Waals surface area contributed by atoms with Crippen LogP contribution in [0.2, 0.25) is 5.02 Å². The summed E-state index contributed by atoms with van der Waals surface area (Å²) in [5.74, 6) is 1.67. The summed E-state index contributed by atoms with van der Waals surface area (Å²) in [5.41, 5.74) is 3.20. The van der Waals surface area contributed by atoms with Crippen molar-refractivity contribution in [2.75, 3.05) is 21.3 Å². The van der Waals surface area contributed by atoms with E-state index in [-0.39, 0.29) is 6.04 Å². The minimum atomic E-state index is -0.0202. The van der Waals surface area contributed by atoms with E-state index in [1.165, 1.54) is 0 Å². The van der Waals surface area contributed by atoms with Crippen LogP contribution in [0.25, 0.3) is 0 Å². The fourth-order valence-electron chi connectivity index (χ4n) is 2.45. The highest BCUT2D eigenvalue weighted by Crippen LogP contribution is 2.34. The van der Waals surface area contributed by atoms with Gasteiger partial charge in [-0.3, -0.25) is 0 Å². The Balaban J connectivity index is 2.51. The Morgan fingerprint density at radius 1 is 1.00 bits per heavy atom. The van der Waals surface area contributed by atoms with Crippen molar-refractivity contribution >= 4 is 11.6 Å². The van der Waals surface area contributed by atoms with Gasteiger partial charge in [0.05, 0.1) is 20.3 Å². The fraction of sp³-hybridized carbons (Fsp3) is 0.294. The first-order valence-electron chi connectivity index (χ1n) is 6.76. The van der Waals surface area contributed by atoms with Gasteiger partial charge in [-0.15, -0.1) is 0 Å². The standard InChI is InChI=1S/C17H20ClNO2/c1-11-5-6-12(9-16(11)21-4)17(19-2)14-10-13(18)7-8-15(14)20-3/h5-10,17,19H,1-4H3. The zero-order valence-electron chi connectivity index (χ0n) is 12.7. The molecule has 1 unspecified atom stereocenters. The van der Waals surface area contributed by atoms with E-state index < -0.39 is 0 Å². The molecule has 0 amide bonds. The summed E-state index contributed by atoms with van der Waals surface area (Å²) in [6.07, 6.45) is 0. The van der Waals surface area contributed by atoms with Crippen LogP contribution >= 0.6 is 11.6 Å². The molecular weight excluding hydrogens is 286 g/mol. The van der Waals surface area contributed by atoms with Gasteiger partial charge in [-0.05, 0) is 49.4 Å². The molecule has 0 spiro atoms. The average molecular weight is 306 g/mol. The number of aryl methyl sites for hydroxylation is 1. The zero-order valence-corrected chi connectivity index (χ0v) is 13.5. The highest BCUT2D eigenvalue weighted by atomic mass is 35.5. The zero-order chi connectivity index (χ0) is 15.4. The van der Waals surface area contributed by atoms with Crippen molar-refractivity contribution in [3.8, 4) is 11.5 Å². The molecule has 2 rings (SSSR count). The van der Waals surface area contributed by atoms with Crippen molar-refractivity contribution in [1.29, 1.82) is 0 Å². The van der Waals surface area contributed by atoms with Crippen LogP contribution in [-0.2, 0) is 0 Å². The molecule has 3 nitrogen and oxygen atoms in total. The summed E-state index contributed by atoms with van der Waals surface area (Å²) in [4.78, 5) is 0. The number of nitrogens with one attached hydrogen (secondary N) is 1. The molecule has 1 N–H and O–H groups in total. The minimum Gasteiger partial charge on any atom is -0.496 e. The predicted octanol–water partition coefficient (Wildman–Crippen LogP) is 3.97. The second-order valence-corrected chi connectivity index (χ2v) is 5.27. The lowest BCUT2D eigenvalue weighted by atomic mass is 9.96. The highest BCUT2D eigenvalue weighted by molar-refractivity contribution is 6.30. The summed E-state index contributed by atoms with van der Waals surface area (Å²) in [7, 11) is 5.26. The average Bonchev–Trinajstić information content (AvgIpc) is 2.50. The molecule has 112 valence electrons. The van der Waals surface area contributed by atoms with Gasteiger partial charge in [0.1, 0.15) is 11.5 Å². The van der Waals surface area contributed by atoms with Gasteiger partial charge in [-0.2, -0.15) is 0 Å². The van der Waals surface area contributed by atoms with Crippen LogP contribution in [0.1, 0.15) is 22.7 Å². The number of rotatable bonds is 5. The van der Waals surface area contributed by atoms with Crippen molar-refractivity contribution in [3.05, 3.63) is 58.1 Å². The molecule has 0 aliphatic rings. The first-order valence-corrected chi connectivity index (χ1v) is 7.13. The lowest BCUT2D eigenvalue weighted by Gasteiger charge is -2.21. The monoisotopic (exact) mass is 305 g/mol. The lowest BCUT2D eigenvalue weighted by Crippen LogP contribution is -2.18. The normalized spacial score (nSPS) is 12.0. The van der Waals surface area contributed by atoms with Crippen molar-refractivity contribution in [2.45, 2.75) is 13.0 Å². The van der Waals surface area contributed by atoms with Crippen LogP contribution in [0.5, 0.6) is 11.5 Å². The molecule has 2 aromatic carbocycles. The maximum absolute atomic E-state index is 6.14. The van der Waals surface area contributed by atoms with Crippen LogP contribution in [0, 0.1) is 6.92 Å². The molecule has 0 saturated heterocycles. The van der Waals surface area contributed by atoms with Gasteiger partial charge in [0.15, 0.2) is 0 Å². The molecular formula is C17H20ClNO2. The minimum absolute atomic E-state index is 0.0202. The Morgan fingerprint density at radius 2 is 1.71 bits per heavy atom. The van der Waals surface area contributed by atoms with E-state index in [0.29, 0.717) is 5.02 Å². The maximum atomic E-state index is 6.14. The highest BCUT2D eigenvalue weighted by Gasteiger charge is 2.18. The van der Waals surface area contributed by atoms with Crippen LogP contribution < -0.4 is 14.8 Å². The van der Waals surface area contributed by atoms with Gasteiger partial charge < -0.3 is 14.8 Å². The molecule has 0 fully saturated rings. The predicted molar refractivity (Wildman–Crippen MR) is 86.6 cm³/mol. The van der Waals surface area contributed by atoms with Gasteiger partial charge >= 0.3 is 0 Å². The lowest BCUT2D eigenvalue weighted by molar-refractivity contribution is 0.403. The van der Waals surface area contributed by atoms with Gasteiger partial charge in [0.25, 0.3) is 0 Å². The number of benzene rings is 2. The van der Waals surface area contributed by atoms with E-state index in [2.05, 4.69) is 17.4 Å². The quantitative estimate of drug-likeness (QED) is 0.906. The summed E-state index contributed by atoms with van der Waals surface area (Å²) < 4.78 is 10.9. The van der Waals surface area contributed by atoms with Crippen molar-refractivity contribution in [2.24, 2.45) is 0 Å². The van der Waals surface area contributed by atoms with Gasteiger partial charge in [0, 0.05) is 10.6 Å². The first-order chi connectivity index (χ1) is 10.1. The van der Waals surface area contributed by atoms with Crippen molar-refractivity contribution in [3.63, 3.8) is 0 Å². The van der Waals surface area contributed by atoms with E-state index in [9.17, 15) is 0 Å². The Bertz CT molecular complexity index is 628. The molecule has 21 heavy (non-hydrogen) atoms. The Hall–Kier alpha value is -1.71. The van der Waals surface area contributed by atoms with E-state index >= 15 is 0 Å². The van der Waals surface area contributed by atoms with Gasteiger partial charge in [-0.25, -0.2) is 0 Å². The third-order valence-electron chi connectivity index (χ3n) is 3.56. The van der Waals surface area contributed by atoms with Crippen molar-refractivity contribution < 1.29 is 9.47 Å². The van der Waals surface area contributed by atoms with E-state index in [1.807, 2.05) is 38.2 Å². The maximum Gasteiger partial charge on any atom is 0.124 e. The molecule has 0 aliphatic carbocycles. The van der Waals surface area contributed by atoms with Crippen LogP contribution in [0.4, 0.5) is 0 Å². The largest absolute Gasteiger partial charge is 0.496 e. The Morgan fingerprint density at radius 3 is 2.33 bits per heavy atom. The number of methoxy groups -OCH3 is 2. The van der Waals surface area contributed by atoms with E-state index in [0.717, 1.165) is 28.2 Å². The van der Waals surface area contributed by atoms with Crippen LogP contribution in [0.3, 0.4) is 0 Å². The molecule has 4 heteroatoms. The third-order valence-corrected chi connectivity index (χ3v) is 3.79. The SMILES string of the molecule is CNC(c1ccc(C)c(OC)c1)c1cc(Cl)ccc1OC. The van der Waals surface area contributed by atoms with Gasteiger partial charge in [-0.1, -0.05) is 23.7 Å². The second kappa shape index (κ2) is 6.83. The fourth-order valence-corrected chi connectivity index (χ4v) is 2.63. The summed E-state index contributed by atoms with van der Waals surface area (Å²) in [5, 5.41) is 4.00. The second-order valence-electron chi connectivity index (χ2n) is 4.84. The Kier molecular flexibility index (Phi) is 5.10. The molecule has 0 aliphatic heterocycles. The number of ether oxygens (including phenoxy) is 2. The van der Waals surface area contributed by atoms with E-state index in [1.54, 1.807) is 14.2 Å². The molecule has 1 atom stereocenters. The van der Waals surface area contributed by atoms with E-state index in [4.69, 9.17) is 21.1 Å². The van der Waals surface area contributed by atoms with Crippen LogP contribution in [-0.4, -0.2) is 21.3 Å². The number of hydrogen-bond acceptors (Lipinski definition) is 3. The molecule has 0 bridgehead atoms. The molecule has 2 aromatic rings. The number of hydrogen-bond donors (Lipinski definition) is 1. The summed E-state index contributed by atoms with van der Waals surface area (Å²) in [6.45, 7) is 2.02.